The minimum absolute atomic E-state index is 0.0986. The van der Waals surface area contributed by atoms with Gasteiger partial charge in [-0.1, -0.05) is 7.92 Å². The molecule has 0 aromatic rings. The molecule has 0 radical (unpaired) electrons. The smallest absolute Gasteiger partial charge is 0.307 e. The van der Waals surface area contributed by atoms with Crippen molar-refractivity contribution < 1.29 is 29.7 Å². The van der Waals surface area contributed by atoms with E-state index < -0.39 is 25.8 Å². The summed E-state index contributed by atoms with van der Waals surface area (Å²) in [4.78, 5) is 31.0. The zero-order chi connectivity index (χ0) is 11.8. The van der Waals surface area contributed by atoms with E-state index in [2.05, 4.69) is 0 Å². The molecule has 3 N–H and O–H groups in total. The van der Waals surface area contributed by atoms with Crippen molar-refractivity contribution in [2.75, 3.05) is 18.5 Å². The van der Waals surface area contributed by atoms with Crippen LogP contribution in [0.3, 0.4) is 0 Å². The molecule has 0 heterocycles. The molecular formula is C8H13O6P. The Balaban J connectivity index is 3.99. The summed E-state index contributed by atoms with van der Waals surface area (Å²) in [5, 5.41) is 25.4. The lowest BCUT2D eigenvalue weighted by atomic mass is 10.5. The van der Waals surface area contributed by atoms with Gasteiger partial charge in [-0.2, -0.15) is 0 Å². The van der Waals surface area contributed by atoms with Gasteiger partial charge in [0, 0.05) is 12.8 Å². The van der Waals surface area contributed by atoms with Gasteiger partial charge in [0.2, 0.25) is 0 Å². The lowest BCUT2D eigenvalue weighted by molar-refractivity contribution is -0.137. The molecule has 15 heavy (non-hydrogen) atoms. The van der Waals surface area contributed by atoms with Gasteiger partial charge in [-0.3, -0.25) is 14.4 Å². The van der Waals surface area contributed by atoms with E-state index in [1.165, 1.54) is 0 Å². The van der Waals surface area contributed by atoms with Gasteiger partial charge < -0.3 is 15.3 Å². The van der Waals surface area contributed by atoms with Crippen LogP contribution >= 0.6 is 7.92 Å². The Morgan fingerprint density at radius 2 is 1.20 bits per heavy atom. The number of carbonyl (C=O) groups is 3. The summed E-state index contributed by atoms with van der Waals surface area (Å²) in [6.45, 7) is 0. The van der Waals surface area contributed by atoms with E-state index in [0.29, 0.717) is 0 Å². The van der Waals surface area contributed by atoms with Gasteiger partial charge in [0.15, 0.2) is 0 Å². The Labute approximate surface area is 87.7 Å². The first-order chi connectivity index (χ1) is 6.91. The second-order valence-corrected chi connectivity index (χ2v) is 5.51. The molecule has 0 aliphatic rings. The van der Waals surface area contributed by atoms with Gasteiger partial charge in [-0.05, 0) is 12.3 Å². The Kier molecular flexibility index (Phi) is 6.62. The van der Waals surface area contributed by atoms with E-state index in [1.54, 1.807) is 0 Å². The minimum Gasteiger partial charge on any atom is -0.481 e. The molecule has 0 saturated heterocycles. The molecule has 0 aliphatic carbocycles. The SMILES string of the molecule is O=C(O)CCP(CCC(=O)O)CC(=O)O. The second-order valence-electron chi connectivity index (χ2n) is 2.96. The predicted octanol–water partition coefficient (Wildman–Crippen LogP) is 0.502. The van der Waals surface area contributed by atoms with Gasteiger partial charge in [0.1, 0.15) is 0 Å². The molecule has 86 valence electrons. The molecule has 0 spiro atoms. The monoisotopic (exact) mass is 236 g/mol. The normalized spacial score (nSPS) is 10.2. The van der Waals surface area contributed by atoms with Crippen LogP contribution in [-0.4, -0.2) is 51.7 Å². The first-order valence-corrected chi connectivity index (χ1v) is 6.19. The minimum atomic E-state index is -1.03. The van der Waals surface area contributed by atoms with Crippen molar-refractivity contribution in [3.8, 4) is 0 Å². The maximum absolute atomic E-state index is 10.4. The van der Waals surface area contributed by atoms with Crippen LogP contribution in [0.25, 0.3) is 0 Å². The average Bonchev–Trinajstić information content (AvgIpc) is 2.08. The van der Waals surface area contributed by atoms with Crippen molar-refractivity contribution in [3.05, 3.63) is 0 Å². The third-order valence-electron chi connectivity index (χ3n) is 1.64. The van der Waals surface area contributed by atoms with E-state index >= 15 is 0 Å². The number of carboxylic acids is 3. The molecule has 0 saturated carbocycles. The van der Waals surface area contributed by atoms with E-state index in [9.17, 15) is 14.4 Å². The fraction of sp³-hybridized carbons (Fsp3) is 0.625. The molecule has 0 aromatic carbocycles. The molecule has 6 nitrogen and oxygen atoms in total. The average molecular weight is 236 g/mol. The number of carboxylic acid groups (broad SMARTS) is 3. The zero-order valence-electron chi connectivity index (χ0n) is 8.05. The highest BCUT2D eigenvalue weighted by atomic mass is 31.1. The summed E-state index contributed by atoms with van der Waals surface area (Å²) in [6.07, 6.45) is 0.224. The summed E-state index contributed by atoms with van der Waals surface area (Å²) in [5.74, 6) is -2.97. The molecule has 0 amide bonds. The van der Waals surface area contributed by atoms with E-state index in [-0.39, 0.29) is 31.3 Å². The van der Waals surface area contributed by atoms with Crippen molar-refractivity contribution in [1.29, 1.82) is 0 Å². The van der Waals surface area contributed by atoms with Crippen molar-refractivity contribution in [3.63, 3.8) is 0 Å². The quantitative estimate of drug-likeness (QED) is 0.529. The van der Waals surface area contributed by atoms with Gasteiger partial charge in [-0.25, -0.2) is 0 Å². The van der Waals surface area contributed by atoms with Crippen molar-refractivity contribution in [2.24, 2.45) is 0 Å². The number of aliphatic carboxylic acids is 3. The van der Waals surface area contributed by atoms with Crippen molar-refractivity contribution in [1.82, 2.24) is 0 Å². The molecular weight excluding hydrogens is 223 g/mol. The molecule has 0 bridgehead atoms. The second kappa shape index (κ2) is 7.17. The first-order valence-electron chi connectivity index (χ1n) is 4.29. The van der Waals surface area contributed by atoms with E-state index in [4.69, 9.17) is 15.3 Å². The topological polar surface area (TPSA) is 112 Å². The van der Waals surface area contributed by atoms with Crippen LogP contribution in [0.5, 0.6) is 0 Å². The van der Waals surface area contributed by atoms with Crippen LogP contribution in [0, 0.1) is 0 Å². The maximum Gasteiger partial charge on any atom is 0.307 e. The highest BCUT2D eigenvalue weighted by Gasteiger charge is 2.15. The molecule has 0 unspecified atom stereocenters. The summed E-state index contributed by atoms with van der Waals surface area (Å²) in [7, 11) is -1.03. The molecule has 0 rings (SSSR count). The Morgan fingerprint density at radius 1 is 0.800 bits per heavy atom. The molecule has 0 aliphatic heterocycles. The lowest BCUT2D eigenvalue weighted by Gasteiger charge is -2.12. The summed E-state index contributed by atoms with van der Waals surface area (Å²) >= 11 is 0. The third kappa shape index (κ3) is 9.15. The van der Waals surface area contributed by atoms with Crippen molar-refractivity contribution in [2.45, 2.75) is 12.8 Å². The highest BCUT2D eigenvalue weighted by Crippen LogP contribution is 2.36. The Morgan fingerprint density at radius 3 is 1.47 bits per heavy atom. The number of rotatable bonds is 8. The summed E-state index contributed by atoms with van der Waals surface area (Å²) < 4.78 is 0. The third-order valence-corrected chi connectivity index (χ3v) is 4.07. The van der Waals surface area contributed by atoms with Gasteiger partial charge >= 0.3 is 17.9 Å². The van der Waals surface area contributed by atoms with Gasteiger partial charge in [0.05, 0.1) is 6.16 Å². The Hall–Kier alpha value is -1.16. The van der Waals surface area contributed by atoms with Crippen LogP contribution in [0.4, 0.5) is 0 Å². The van der Waals surface area contributed by atoms with Crippen LogP contribution in [-0.2, 0) is 14.4 Å². The maximum atomic E-state index is 10.4. The van der Waals surface area contributed by atoms with Crippen molar-refractivity contribution >= 4 is 25.8 Å². The fourth-order valence-electron chi connectivity index (χ4n) is 0.969. The fourth-order valence-corrected chi connectivity index (χ4v) is 2.91. The van der Waals surface area contributed by atoms with E-state index in [0.717, 1.165) is 0 Å². The first kappa shape index (κ1) is 13.8. The molecule has 7 heteroatoms. The standard InChI is InChI=1S/C8H13O6P/c9-6(10)1-3-15(5-8(13)14)4-2-7(11)12/h1-5H2,(H,9,10)(H,11,12)(H,13,14). The Bertz CT molecular complexity index is 234. The summed E-state index contributed by atoms with van der Waals surface area (Å²) in [5.41, 5.74) is 0. The largest absolute Gasteiger partial charge is 0.481 e. The van der Waals surface area contributed by atoms with Crippen LogP contribution in [0.1, 0.15) is 12.8 Å². The van der Waals surface area contributed by atoms with Crippen LogP contribution in [0.2, 0.25) is 0 Å². The summed E-state index contributed by atoms with van der Waals surface area (Å²) in [6, 6.07) is 0. The van der Waals surface area contributed by atoms with Gasteiger partial charge in [-0.15, -0.1) is 0 Å². The van der Waals surface area contributed by atoms with Gasteiger partial charge in [0.25, 0.3) is 0 Å². The highest BCUT2D eigenvalue weighted by molar-refractivity contribution is 7.58. The van der Waals surface area contributed by atoms with Crippen LogP contribution < -0.4 is 0 Å². The van der Waals surface area contributed by atoms with Crippen LogP contribution in [0.15, 0.2) is 0 Å². The number of hydrogen-bond acceptors (Lipinski definition) is 3. The molecule has 0 aromatic heterocycles. The lowest BCUT2D eigenvalue weighted by Crippen LogP contribution is -2.09. The molecule has 0 atom stereocenters. The predicted molar refractivity (Wildman–Crippen MR) is 53.7 cm³/mol. The molecule has 0 fully saturated rings. The number of hydrogen-bond donors (Lipinski definition) is 3. The van der Waals surface area contributed by atoms with E-state index in [1.807, 2.05) is 0 Å². The zero-order valence-corrected chi connectivity index (χ0v) is 8.94.